The highest BCUT2D eigenvalue weighted by Gasteiger charge is 2.40. The number of sulfone groups is 1. The first kappa shape index (κ1) is 18.2. The van der Waals surface area contributed by atoms with Gasteiger partial charge in [0.15, 0.2) is 15.8 Å². The van der Waals surface area contributed by atoms with E-state index >= 15 is 0 Å². The third kappa shape index (κ3) is 4.03. The van der Waals surface area contributed by atoms with Crippen molar-refractivity contribution in [3.05, 3.63) is 15.6 Å². The van der Waals surface area contributed by atoms with Gasteiger partial charge >= 0.3 is 0 Å². The van der Waals surface area contributed by atoms with Gasteiger partial charge in [0.1, 0.15) is 0 Å². The van der Waals surface area contributed by atoms with Crippen LogP contribution >= 0.6 is 11.3 Å². The zero-order valence-electron chi connectivity index (χ0n) is 14.5. The quantitative estimate of drug-likeness (QED) is 0.653. The van der Waals surface area contributed by atoms with E-state index in [-0.39, 0.29) is 5.75 Å². The summed E-state index contributed by atoms with van der Waals surface area (Å²) in [7, 11) is -1.30. The Kier molecular flexibility index (Phi) is 5.35. The van der Waals surface area contributed by atoms with Crippen LogP contribution in [-0.2, 0) is 16.3 Å². The molecule has 1 saturated heterocycles. The van der Waals surface area contributed by atoms with Crippen molar-refractivity contribution >= 4 is 27.1 Å². The van der Waals surface area contributed by atoms with Gasteiger partial charge in [-0.05, 0) is 27.7 Å². The zero-order valence-corrected chi connectivity index (χ0v) is 16.1. The number of hydrogen-bond acceptors (Lipinski definition) is 5. The summed E-state index contributed by atoms with van der Waals surface area (Å²) in [5.41, 5.74) is 1.09. The smallest absolute Gasteiger partial charge is 0.193 e. The Morgan fingerprint density at radius 1 is 1.43 bits per heavy atom. The molecule has 0 radical (unpaired) electrons. The van der Waals surface area contributed by atoms with Crippen LogP contribution in [-0.4, -0.2) is 61.4 Å². The molecule has 1 N–H and O–H groups in total. The molecule has 1 aliphatic heterocycles. The summed E-state index contributed by atoms with van der Waals surface area (Å²) < 4.78 is 23.5. The van der Waals surface area contributed by atoms with Gasteiger partial charge in [-0.3, -0.25) is 4.99 Å². The number of aromatic nitrogens is 1. The average molecular weight is 359 g/mol. The van der Waals surface area contributed by atoms with Gasteiger partial charge in [0.2, 0.25) is 0 Å². The van der Waals surface area contributed by atoms with Crippen molar-refractivity contribution in [1.82, 2.24) is 15.2 Å². The lowest BCUT2D eigenvalue weighted by Gasteiger charge is -2.39. The van der Waals surface area contributed by atoms with Crippen LogP contribution in [0.15, 0.2) is 4.99 Å². The molecule has 6 nitrogen and oxygen atoms in total. The summed E-state index contributed by atoms with van der Waals surface area (Å²) in [6.45, 7) is 9.34. The molecule has 0 atom stereocenters. The number of aliphatic imine (C=N–C) groups is 1. The molecule has 1 aromatic heterocycles. The third-order valence-electron chi connectivity index (χ3n) is 4.19. The minimum Gasteiger partial charge on any atom is -0.356 e. The van der Waals surface area contributed by atoms with Crippen molar-refractivity contribution in [2.24, 2.45) is 4.99 Å². The van der Waals surface area contributed by atoms with Crippen LogP contribution in [0, 0.1) is 13.8 Å². The maximum atomic E-state index is 12.1. The molecule has 0 bridgehead atoms. The van der Waals surface area contributed by atoms with E-state index < -0.39 is 14.6 Å². The summed E-state index contributed by atoms with van der Waals surface area (Å²) in [6.07, 6.45) is 0.895. The van der Waals surface area contributed by atoms with Gasteiger partial charge in [-0.1, -0.05) is 0 Å². The molecular formula is C15H26N4O2S2. The second kappa shape index (κ2) is 6.76. The van der Waals surface area contributed by atoms with Gasteiger partial charge in [-0.2, -0.15) is 0 Å². The SMILES string of the molecule is CN=C(NCCc1sc(C)nc1C)N1CCS(=O)(=O)C(C)(C)C1. The predicted octanol–water partition coefficient (Wildman–Crippen LogP) is 1.39. The molecule has 23 heavy (non-hydrogen) atoms. The molecule has 130 valence electrons. The second-order valence-electron chi connectivity index (χ2n) is 6.47. The number of rotatable bonds is 3. The first-order valence-electron chi connectivity index (χ1n) is 7.77. The lowest BCUT2D eigenvalue weighted by molar-refractivity contribution is 0.353. The van der Waals surface area contributed by atoms with E-state index in [9.17, 15) is 8.42 Å². The average Bonchev–Trinajstić information content (AvgIpc) is 2.76. The molecule has 0 unspecified atom stereocenters. The molecule has 0 spiro atoms. The van der Waals surface area contributed by atoms with Crippen LogP contribution in [0.3, 0.4) is 0 Å². The van der Waals surface area contributed by atoms with E-state index in [4.69, 9.17) is 0 Å². The molecule has 1 aromatic rings. The van der Waals surface area contributed by atoms with Gasteiger partial charge in [0, 0.05) is 38.0 Å². The molecule has 2 heterocycles. The third-order valence-corrected chi connectivity index (χ3v) is 7.86. The lowest BCUT2D eigenvalue weighted by Crippen LogP contribution is -2.57. The molecule has 0 aliphatic carbocycles. The van der Waals surface area contributed by atoms with Crippen molar-refractivity contribution < 1.29 is 8.42 Å². The van der Waals surface area contributed by atoms with E-state index in [2.05, 4.69) is 15.3 Å². The Balaban J connectivity index is 1.95. The Hall–Kier alpha value is -1.15. The van der Waals surface area contributed by atoms with Crippen LogP contribution in [0.5, 0.6) is 0 Å². The van der Waals surface area contributed by atoms with Crippen LogP contribution in [0.2, 0.25) is 0 Å². The standard InChI is InChI=1S/C15H26N4O2S2/c1-11-13(22-12(2)18-11)6-7-17-14(16-5)19-8-9-23(20,21)15(3,4)10-19/h6-10H2,1-5H3,(H,16,17). The summed E-state index contributed by atoms with van der Waals surface area (Å²) >= 11 is 1.72. The largest absolute Gasteiger partial charge is 0.356 e. The van der Waals surface area contributed by atoms with E-state index in [1.807, 2.05) is 18.7 Å². The highest BCUT2D eigenvalue weighted by molar-refractivity contribution is 7.92. The van der Waals surface area contributed by atoms with Crippen molar-refractivity contribution in [1.29, 1.82) is 0 Å². The summed E-state index contributed by atoms with van der Waals surface area (Å²) in [5.74, 6) is 0.945. The second-order valence-corrected chi connectivity index (χ2v) is 10.5. The Labute approximate surface area is 142 Å². The molecule has 8 heteroatoms. The summed E-state index contributed by atoms with van der Waals surface area (Å²) in [4.78, 5) is 12.1. The summed E-state index contributed by atoms with van der Waals surface area (Å²) in [6, 6.07) is 0. The highest BCUT2D eigenvalue weighted by atomic mass is 32.2. The normalized spacial score (nSPS) is 20.6. The predicted molar refractivity (Wildman–Crippen MR) is 96.1 cm³/mol. The first-order valence-corrected chi connectivity index (χ1v) is 10.2. The maximum absolute atomic E-state index is 12.1. The molecule has 1 aliphatic rings. The molecule has 0 aromatic carbocycles. The molecule has 0 saturated carbocycles. The van der Waals surface area contributed by atoms with E-state index in [0.29, 0.717) is 13.1 Å². The summed E-state index contributed by atoms with van der Waals surface area (Å²) in [5, 5.41) is 4.44. The van der Waals surface area contributed by atoms with E-state index in [0.717, 1.165) is 29.6 Å². The fourth-order valence-corrected chi connectivity index (χ4v) is 5.05. The van der Waals surface area contributed by atoms with Crippen molar-refractivity contribution in [3.63, 3.8) is 0 Å². The van der Waals surface area contributed by atoms with Crippen LogP contribution in [0.4, 0.5) is 0 Å². The van der Waals surface area contributed by atoms with Gasteiger partial charge in [-0.25, -0.2) is 13.4 Å². The lowest BCUT2D eigenvalue weighted by atomic mass is 10.2. The molecule has 1 fully saturated rings. The van der Waals surface area contributed by atoms with Gasteiger partial charge in [-0.15, -0.1) is 11.3 Å². The van der Waals surface area contributed by atoms with Gasteiger partial charge in [0.25, 0.3) is 0 Å². The van der Waals surface area contributed by atoms with Crippen LogP contribution in [0.1, 0.15) is 29.4 Å². The minimum atomic E-state index is -3.03. The highest BCUT2D eigenvalue weighted by Crippen LogP contribution is 2.23. The Morgan fingerprint density at radius 2 is 2.13 bits per heavy atom. The van der Waals surface area contributed by atoms with E-state index in [1.54, 1.807) is 32.2 Å². The molecule has 2 rings (SSSR count). The first-order chi connectivity index (χ1) is 10.7. The fourth-order valence-electron chi connectivity index (χ4n) is 2.75. The van der Waals surface area contributed by atoms with Crippen molar-refractivity contribution in [3.8, 4) is 0 Å². The molecular weight excluding hydrogens is 332 g/mol. The zero-order chi connectivity index (χ0) is 17.3. The van der Waals surface area contributed by atoms with Crippen LogP contribution in [0.25, 0.3) is 0 Å². The van der Waals surface area contributed by atoms with E-state index in [1.165, 1.54) is 4.88 Å². The van der Waals surface area contributed by atoms with Crippen LogP contribution < -0.4 is 5.32 Å². The van der Waals surface area contributed by atoms with Crippen molar-refractivity contribution in [2.75, 3.05) is 32.4 Å². The van der Waals surface area contributed by atoms with Gasteiger partial charge < -0.3 is 10.2 Å². The number of nitrogens with zero attached hydrogens (tertiary/aromatic N) is 3. The maximum Gasteiger partial charge on any atom is 0.193 e. The number of thiazole rings is 1. The minimum absolute atomic E-state index is 0.174. The Bertz CT molecular complexity index is 692. The topological polar surface area (TPSA) is 74.7 Å². The van der Waals surface area contributed by atoms with Gasteiger partial charge in [0.05, 0.1) is 21.2 Å². The Morgan fingerprint density at radius 3 is 2.65 bits per heavy atom. The number of hydrogen-bond donors (Lipinski definition) is 1. The van der Waals surface area contributed by atoms with Crippen molar-refractivity contribution in [2.45, 2.75) is 38.9 Å². The number of guanidine groups is 1. The molecule has 0 amide bonds. The monoisotopic (exact) mass is 358 g/mol. The number of nitrogens with one attached hydrogen (secondary N) is 1. The fraction of sp³-hybridized carbons (Fsp3) is 0.733. The number of aryl methyl sites for hydroxylation is 2.